The summed E-state index contributed by atoms with van der Waals surface area (Å²) in [5, 5.41) is 3.18. The van der Waals surface area contributed by atoms with Crippen molar-refractivity contribution in [2.24, 2.45) is 0 Å². The molecule has 6 heteroatoms. The lowest BCUT2D eigenvalue weighted by Gasteiger charge is -2.04. The average Bonchev–Trinajstić information content (AvgIpc) is 2.44. The molecule has 1 atom stereocenters. The normalized spacial score (nSPS) is 10.1. The van der Waals surface area contributed by atoms with Crippen molar-refractivity contribution >= 4 is 46.6 Å². The van der Waals surface area contributed by atoms with E-state index in [0.717, 1.165) is 0 Å². The van der Waals surface area contributed by atoms with Gasteiger partial charge >= 0.3 is 6.09 Å². The smallest absolute Gasteiger partial charge is 0.412 e. The number of hydrogen-bond acceptors (Lipinski definition) is 2. The zero-order valence-electron chi connectivity index (χ0n) is 11.5. The van der Waals surface area contributed by atoms with E-state index in [1.54, 1.807) is 30.3 Å². The van der Waals surface area contributed by atoms with Crippen LogP contribution in [0.25, 0.3) is 0 Å². The quantitative estimate of drug-likeness (QED) is 0.478. The topological polar surface area (TPSA) is 38.3 Å². The fourth-order valence-corrected chi connectivity index (χ4v) is 1.20. The second kappa shape index (κ2) is 12.4. The van der Waals surface area contributed by atoms with Crippen molar-refractivity contribution in [3.63, 3.8) is 0 Å². The minimum absolute atomic E-state index is 0.0130. The van der Waals surface area contributed by atoms with Crippen molar-refractivity contribution in [1.29, 1.82) is 0 Å². The molecule has 1 aromatic rings. The predicted molar refractivity (Wildman–Crippen MR) is 90.4 cm³/mol. The lowest BCUT2D eigenvalue weighted by molar-refractivity contribution is 0.176. The summed E-state index contributed by atoms with van der Waals surface area (Å²) in [6, 6.07) is 6.76. The maximum Gasteiger partial charge on any atom is 0.412 e. The molecule has 1 amide bonds. The number of amides is 1. The minimum Gasteiger partial charge on any atom is -0.436 e. The third-order valence-corrected chi connectivity index (χ3v) is 2.41. The summed E-state index contributed by atoms with van der Waals surface area (Å²) in [4.78, 5) is 11.2. The van der Waals surface area contributed by atoms with E-state index in [1.165, 1.54) is 0 Å². The second-order valence-corrected chi connectivity index (χ2v) is 5.00. The SMILES string of the molecule is C=CC(C)Cl.O=C(Nc1cccc(Cl)c1)OCC#CCCl. The third kappa shape index (κ3) is 12.1. The molecule has 0 radical (unpaired) electrons. The first-order valence-electron chi connectivity index (χ1n) is 5.97. The van der Waals surface area contributed by atoms with Gasteiger partial charge in [0.1, 0.15) is 0 Å². The van der Waals surface area contributed by atoms with Gasteiger partial charge in [-0.3, -0.25) is 5.32 Å². The Bertz CT molecular complexity index is 507. The number of rotatable bonds is 3. The molecule has 21 heavy (non-hydrogen) atoms. The van der Waals surface area contributed by atoms with E-state index in [0.29, 0.717) is 10.7 Å². The number of anilines is 1. The molecule has 0 aliphatic carbocycles. The van der Waals surface area contributed by atoms with Gasteiger partial charge in [0, 0.05) is 16.1 Å². The summed E-state index contributed by atoms with van der Waals surface area (Å²) < 4.78 is 4.76. The van der Waals surface area contributed by atoms with Gasteiger partial charge in [0.25, 0.3) is 0 Å². The maximum absolute atomic E-state index is 11.2. The molecule has 0 spiro atoms. The van der Waals surface area contributed by atoms with Crippen LogP contribution in [0.2, 0.25) is 5.02 Å². The standard InChI is InChI=1S/C11H9Cl2NO2.C4H7Cl/c12-6-1-2-7-16-11(15)14-10-5-3-4-9(13)8-10;1-3-4(2)5/h3-5,8H,6-7H2,(H,14,15);3-4H,1H2,2H3. The van der Waals surface area contributed by atoms with Gasteiger partial charge in [-0.15, -0.1) is 29.8 Å². The number of allylic oxidation sites excluding steroid dienone is 1. The van der Waals surface area contributed by atoms with Crippen molar-refractivity contribution < 1.29 is 9.53 Å². The first-order chi connectivity index (χ1) is 9.99. The van der Waals surface area contributed by atoms with Gasteiger partial charge in [0.15, 0.2) is 6.61 Å². The lowest BCUT2D eigenvalue weighted by Crippen LogP contribution is -2.13. The fourth-order valence-electron chi connectivity index (χ4n) is 0.920. The van der Waals surface area contributed by atoms with Gasteiger partial charge in [0.2, 0.25) is 0 Å². The number of halogens is 3. The molecule has 0 bridgehead atoms. The predicted octanol–water partition coefficient (Wildman–Crippen LogP) is 4.93. The summed E-state index contributed by atoms with van der Waals surface area (Å²) >= 11 is 16.4. The number of benzene rings is 1. The Morgan fingerprint density at radius 2 is 2.19 bits per heavy atom. The molecule has 114 valence electrons. The zero-order valence-corrected chi connectivity index (χ0v) is 13.8. The number of hydrogen-bond donors (Lipinski definition) is 1. The number of carbonyl (C=O) groups is 1. The molecule has 3 nitrogen and oxygen atoms in total. The molecule has 1 N–H and O–H groups in total. The second-order valence-electron chi connectivity index (χ2n) is 3.61. The molecule has 1 rings (SSSR count). The Labute approximate surface area is 140 Å². The molecular weight excluding hydrogens is 333 g/mol. The molecule has 0 saturated heterocycles. The number of ether oxygens (including phenoxy) is 1. The minimum atomic E-state index is -0.578. The van der Waals surface area contributed by atoms with Crippen molar-refractivity contribution in [3.8, 4) is 11.8 Å². The van der Waals surface area contributed by atoms with E-state index < -0.39 is 6.09 Å². The van der Waals surface area contributed by atoms with Crippen LogP contribution < -0.4 is 5.32 Å². The van der Waals surface area contributed by atoms with Crippen molar-refractivity contribution in [2.75, 3.05) is 17.8 Å². The molecule has 0 aliphatic heterocycles. The van der Waals surface area contributed by atoms with E-state index in [-0.39, 0.29) is 17.9 Å². The molecule has 0 saturated carbocycles. The molecule has 1 unspecified atom stereocenters. The summed E-state index contributed by atoms with van der Waals surface area (Å²) in [7, 11) is 0. The van der Waals surface area contributed by atoms with E-state index in [2.05, 4.69) is 23.7 Å². The Balaban J connectivity index is 0.000000690. The van der Waals surface area contributed by atoms with Gasteiger partial charge in [-0.1, -0.05) is 35.6 Å². The van der Waals surface area contributed by atoms with Gasteiger partial charge in [-0.2, -0.15) is 0 Å². The van der Waals surface area contributed by atoms with Gasteiger partial charge < -0.3 is 4.74 Å². The molecular formula is C15H16Cl3NO2. The Morgan fingerprint density at radius 3 is 2.71 bits per heavy atom. The Morgan fingerprint density at radius 1 is 1.52 bits per heavy atom. The molecule has 0 heterocycles. The van der Waals surface area contributed by atoms with Crippen molar-refractivity contribution in [3.05, 3.63) is 41.9 Å². The highest BCUT2D eigenvalue weighted by Crippen LogP contribution is 2.14. The summed E-state index contributed by atoms with van der Waals surface area (Å²) in [6.07, 6.45) is 1.10. The van der Waals surface area contributed by atoms with Crippen LogP contribution in [0.3, 0.4) is 0 Å². The van der Waals surface area contributed by atoms with Crippen LogP contribution in [0.5, 0.6) is 0 Å². The molecule has 1 aromatic carbocycles. The van der Waals surface area contributed by atoms with E-state index >= 15 is 0 Å². The van der Waals surface area contributed by atoms with Crippen LogP contribution in [0, 0.1) is 11.8 Å². The van der Waals surface area contributed by atoms with Crippen LogP contribution in [0.4, 0.5) is 10.5 Å². The number of nitrogens with one attached hydrogen (secondary N) is 1. The van der Waals surface area contributed by atoms with Crippen molar-refractivity contribution in [2.45, 2.75) is 12.3 Å². The van der Waals surface area contributed by atoms with Crippen molar-refractivity contribution in [1.82, 2.24) is 0 Å². The third-order valence-electron chi connectivity index (χ3n) is 1.86. The first-order valence-corrected chi connectivity index (χ1v) is 7.32. The highest BCUT2D eigenvalue weighted by atomic mass is 35.5. The highest BCUT2D eigenvalue weighted by Gasteiger charge is 2.01. The monoisotopic (exact) mass is 347 g/mol. The largest absolute Gasteiger partial charge is 0.436 e. The number of alkyl halides is 2. The summed E-state index contributed by atoms with van der Waals surface area (Å²) in [5.74, 6) is 5.36. The number of carbonyl (C=O) groups excluding carboxylic acids is 1. The Hall–Kier alpha value is -1.34. The molecule has 0 aromatic heterocycles. The zero-order chi connectivity index (χ0) is 16.1. The molecule has 0 aliphatic rings. The van der Waals surface area contributed by atoms with E-state index in [1.807, 2.05) is 6.92 Å². The van der Waals surface area contributed by atoms with E-state index in [4.69, 9.17) is 39.5 Å². The van der Waals surface area contributed by atoms with Gasteiger partial charge in [0.05, 0.1) is 5.88 Å². The van der Waals surface area contributed by atoms with Crippen LogP contribution in [-0.4, -0.2) is 24.0 Å². The van der Waals surface area contributed by atoms with Gasteiger partial charge in [-0.05, 0) is 25.1 Å². The fraction of sp³-hybridized carbons (Fsp3) is 0.267. The van der Waals surface area contributed by atoms with Crippen LogP contribution in [0.1, 0.15) is 6.92 Å². The van der Waals surface area contributed by atoms with Crippen LogP contribution in [0.15, 0.2) is 36.9 Å². The maximum atomic E-state index is 11.2. The average molecular weight is 349 g/mol. The molecule has 0 fully saturated rings. The summed E-state index contributed by atoms with van der Waals surface area (Å²) in [6.45, 7) is 5.31. The Kier molecular flexibility index (Phi) is 11.6. The van der Waals surface area contributed by atoms with Crippen LogP contribution in [-0.2, 0) is 4.74 Å². The first kappa shape index (κ1) is 19.7. The van der Waals surface area contributed by atoms with Gasteiger partial charge in [-0.25, -0.2) is 4.79 Å². The summed E-state index contributed by atoms with van der Waals surface area (Å²) in [5.41, 5.74) is 0.572. The van der Waals surface area contributed by atoms with Crippen LogP contribution >= 0.6 is 34.8 Å². The lowest BCUT2D eigenvalue weighted by atomic mass is 10.3. The highest BCUT2D eigenvalue weighted by molar-refractivity contribution is 6.30. The van der Waals surface area contributed by atoms with E-state index in [9.17, 15) is 4.79 Å².